The first-order valence-corrected chi connectivity index (χ1v) is 10.8. The summed E-state index contributed by atoms with van der Waals surface area (Å²) < 4.78 is 71.2. The Morgan fingerprint density at radius 2 is 1.84 bits per heavy atom. The minimum absolute atomic E-state index is 0.00286. The molecule has 0 N–H and O–H groups in total. The van der Waals surface area contributed by atoms with Crippen LogP contribution in [0.15, 0.2) is 26.5 Å². The number of nitrogens with zero attached hydrogens (tertiary/aromatic N) is 4. The molecule has 3 rings (SSSR count). The van der Waals surface area contributed by atoms with Crippen molar-refractivity contribution in [2.24, 2.45) is 0 Å². The summed E-state index contributed by atoms with van der Waals surface area (Å²) >= 11 is 5.59. The number of rotatable bonds is 4. The lowest BCUT2D eigenvalue weighted by Crippen LogP contribution is -2.51. The zero-order valence-electron chi connectivity index (χ0n) is 16.4. The summed E-state index contributed by atoms with van der Waals surface area (Å²) in [6.45, 7) is 2.27. The van der Waals surface area contributed by atoms with Crippen LogP contribution in [0.4, 0.5) is 13.2 Å². The zero-order chi connectivity index (χ0) is 23.1. The van der Waals surface area contributed by atoms with E-state index in [1.807, 2.05) is 0 Å². The van der Waals surface area contributed by atoms with Crippen molar-refractivity contribution in [3.05, 3.63) is 44.7 Å². The van der Waals surface area contributed by atoms with Gasteiger partial charge in [-0.05, 0) is 19.9 Å². The van der Waals surface area contributed by atoms with E-state index in [2.05, 4.69) is 5.16 Å². The van der Waals surface area contributed by atoms with Gasteiger partial charge in [0.15, 0.2) is 5.76 Å². The van der Waals surface area contributed by atoms with Gasteiger partial charge >= 0.3 is 6.18 Å². The lowest BCUT2D eigenvalue weighted by atomic mass is 10.2. The molecule has 0 aliphatic carbocycles. The summed E-state index contributed by atoms with van der Waals surface area (Å²) in [5, 5.41) is 2.98. The first-order chi connectivity index (χ1) is 14.3. The molecular formula is C17H18ClF3N4O5S. The summed E-state index contributed by atoms with van der Waals surface area (Å²) in [5.74, 6) is -0.483. The van der Waals surface area contributed by atoms with Crippen LogP contribution in [-0.2, 0) is 27.5 Å². The van der Waals surface area contributed by atoms with Gasteiger partial charge in [-0.2, -0.15) is 17.5 Å². The Balaban J connectivity index is 1.72. The van der Waals surface area contributed by atoms with Gasteiger partial charge in [0, 0.05) is 32.4 Å². The van der Waals surface area contributed by atoms with Crippen molar-refractivity contribution < 1.29 is 30.9 Å². The second-order valence-corrected chi connectivity index (χ2v) is 9.23. The van der Waals surface area contributed by atoms with Crippen molar-refractivity contribution in [3.8, 4) is 0 Å². The van der Waals surface area contributed by atoms with Crippen LogP contribution in [0.3, 0.4) is 0 Å². The fraction of sp³-hybridized carbons (Fsp3) is 0.471. The maximum Gasteiger partial charge on any atom is 0.417 e. The second-order valence-electron chi connectivity index (χ2n) is 6.95. The third-order valence-corrected chi connectivity index (χ3v) is 7.25. The molecule has 1 saturated heterocycles. The van der Waals surface area contributed by atoms with E-state index in [1.54, 1.807) is 0 Å². The molecule has 0 aromatic carbocycles. The van der Waals surface area contributed by atoms with E-state index in [0.717, 1.165) is 0 Å². The van der Waals surface area contributed by atoms with E-state index in [-0.39, 0.29) is 42.5 Å². The van der Waals surface area contributed by atoms with Crippen LogP contribution in [-0.4, -0.2) is 59.4 Å². The van der Waals surface area contributed by atoms with Crippen molar-refractivity contribution in [3.63, 3.8) is 0 Å². The number of halogens is 4. The first-order valence-electron chi connectivity index (χ1n) is 9.00. The van der Waals surface area contributed by atoms with Crippen LogP contribution >= 0.6 is 11.6 Å². The monoisotopic (exact) mass is 482 g/mol. The maximum atomic E-state index is 13.0. The molecule has 0 saturated carbocycles. The van der Waals surface area contributed by atoms with Gasteiger partial charge in [0.2, 0.25) is 15.9 Å². The fourth-order valence-electron chi connectivity index (χ4n) is 3.27. The van der Waals surface area contributed by atoms with Crippen LogP contribution in [0.5, 0.6) is 0 Å². The number of sulfonamides is 1. The molecule has 0 spiro atoms. The predicted octanol–water partition coefficient (Wildman–Crippen LogP) is 1.66. The first kappa shape index (κ1) is 23.3. The number of pyridine rings is 1. The largest absolute Gasteiger partial charge is 0.417 e. The van der Waals surface area contributed by atoms with Gasteiger partial charge in [0.05, 0.1) is 5.56 Å². The van der Waals surface area contributed by atoms with Crippen LogP contribution in [0, 0.1) is 13.8 Å². The Kier molecular flexibility index (Phi) is 6.22. The van der Waals surface area contributed by atoms with Crippen molar-refractivity contribution in [1.82, 2.24) is 18.9 Å². The minimum atomic E-state index is -4.74. The summed E-state index contributed by atoms with van der Waals surface area (Å²) in [4.78, 5) is 25.8. The number of carbonyl (C=O) groups excluding carboxylic acids is 1. The van der Waals surface area contributed by atoms with Gasteiger partial charge < -0.3 is 14.0 Å². The smallest absolute Gasteiger partial charge is 0.360 e. The molecule has 0 unspecified atom stereocenters. The molecule has 0 radical (unpaired) electrons. The molecule has 0 atom stereocenters. The molecule has 1 aliphatic heterocycles. The molecule has 9 nitrogen and oxygen atoms in total. The van der Waals surface area contributed by atoms with Crippen LogP contribution < -0.4 is 5.56 Å². The molecule has 14 heteroatoms. The minimum Gasteiger partial charge on any atom is -0.360 e. The van der Waals surface area contributed by atoms with Crippen LogP contribution in [0.25, 0.3) is 0 Å². The maximum absolute atomic E-state index is 13.0. The number of piperazine rings is 1. The number of aromatic nitrogens is 2. The Hall–Kier alpha value is -2.38. The molecule has 1 fully saturated rings. The number of aryl methyl sites for hydroxylation is 2. The van der Waals surface area contributed by atoms with Crippen molar-refractivity contribution in [2.45, 2.75) is 31.5 Å². The van der Waals surface area contributed by atoms with Crippen LogP contribution in [0.2, 0.25) is 5.02 Å². The summed E-state index contributed by atoms with van der Waals surface area (Å²) in [7, 11) is -3.88. The topological polar surface area (TPSA) is 106 Å². The van der Waals surface area contributed by atoms with E-state index >= 15 is 0 Å². The van der Waals surface area contributed by atoms with Gasteiger partial charge in [-0.1, -0.05) is 16.8 Å². The summed E-state index contributed by atoms with van der Waals surface area (Å²) in [6, 6.07) is 0.503. The van der Waals surface area contributed by atoms with E-state index in [9.17, 15) is 31.2 Å². The number of carbonyl (C=O) groups is 1. The standard InChI is InChI=1S/C17H18ClF3N4O5S/c1-10-15(11(2)30-22-10)31(28,29)25-5-3-23(4-6-25)14(26)9-24-8-12(17(19,20)21)7-13(18)16(24)27/h7-8H,3-6,9H2,1-2H3. The Morgan fingerprint density at radius 1 is 1.23 bits per heavy atom. The third kappa shape index (κ3) is 4.62. The lowest BCUT2D eigenvalue weighted by molar-refractivity contribution is -0.139. The Morgan fingerprint density at radius 3 is 2.35 bits per heavy atom. The second kappa shape index (κ2) is 8.28. The van der Waals surface area contributed by atoms with Crippen molar-refractivity contribution in [1.29, 1.82) is 0 Å². The zero-order valence-corrected chi connectivity index (χ0v) is 18.0. The predicted molar refractivity (Wildman–Crippen MR) is 102 cm³/mol. The molecule has 2 aromatic heterocycles. The Bertz CT molecular complexity index is 1150. The third-order valence-electron chi connectivity index (χ3n) is 4.83. The van der Waals surface area contributed by atoms with E-state index in [0.29, 0.717) is 16.8 Å². The van der Waals surface area contributed by atoms with Crippen LogP contribution in [0.1, 0.15) is 17.0 Å². The van der Waals surface area contributed by atoms with Gasteiger partial charge in [-0.15, -0.1) is 0 Å². The highest BCUT2D eigenvalue weighted by molar-refractivity contribution is 7.89. The molecule has 170 valence electrons. The SMILES string of the molecule is Cc1noc(C)c1S(=O)(=O)N1CCN(C(=O)Cn2cc(C(F)(F)F)cc(Cl)c2=O)CC1. The van der Waals surface area contributed by atoms with Gasteiger partial charge in [-0.25, -0.2) is 8.42 Å². The van der Waals surface area contributed by atoms with E-state index < -0.39 is 44.8 Å². The highest BCUT2D eigenvalue weighted by Crippen LogP contribution is 2.29. The van der Waals surface area contributed by atoms with E-state index in [4.69, 9.17) is 16.1 Å². The molecule has 1 aliphatic rings. The summed E-state index contributed by atoms with van der Waals surface area (Å²) in [5.41, 5.74) is -1.86. The highest BCUT2D eigenvalue weighted by Gasteiger charge is 2.35. The number of alkyl halides is 3. The van der Waals surface area contributed by atoms with E-state index in [1.165, 1.54) is 23.1 Å². The molecule has 2 aromatic rings. The highest BCUT2D eigenvalue weighted by atomic mass is 35.5. The van der Waals surface area contributed by atoms with Crippen molar-refractivity contribution in [2.75, 3.05) is 26.2 Å². The Labute approximate surface area is 180 Å². The average Bonchev–Trinajstić information content (AvgIpc) is 3.03. The number of hydrogen-bond donors (Lipinski definition) is 0. The summed E-state index contributed by atoms with van der Waals surface area (Å²) in [6.07, 6.45) is -4.20. The molecule has 31 heavy (non-hydrogen) atoms. The molecule has 1 amide bonds. The molecule has 0 bridgehead atoms. The van der Waals surface area contributed by atoms with Gasteiger partial charge in [0.25, 0.3) is 5.56 Å². The quantitative estimate of drug-likeness (QED) is 0.656. The number of amides is 1. The van der Waals surface area contributed by atoms with Gasteiger partial charge in [-0.3, -0.25) is 9.59 Å². The molecular weight excluding hydrogens is 465 g/mol. The lowest BCUT2D eigenvalue weighted by Gasteiger charge is -2.34. The van der Waals surface area contributed by atoms with Crippen molar-refractivity contribution >= 4 is 27.5 Å². The fourth-order valence-corrected chi connectivity index (χ4v) is 5.21. The average molecular weight is 483 g/mol. The normalized spacial score (nSPS) is 16.0. The number of hydrogen-bond acceptors (Lipinski definition) is 6. The van der Waals surface area contributed by atoms with Gasteiger partial charge in [0.1, 0.15) is 22.2 Å². The molecule has 3 heterocycles.